The molecule has 1 aromatic carbocycles. The second kappa shape index (κ2) is 5.49. The first kappa shape index (κ1) is 16.0. The van der Waals surface area contributed by atoms with Crippen molar-refractivity contribution in [1.29, 1.82) is 0 Å². The van der Waals surface area contributed by atoms with Crippen molar-refractivity contribution in [1.82, 2.24) is 0 Å². The van der Waals surface area contributed by atoms with Crippen LogP contribution in [0.2, 0.25) is 0 Å². The predicted octanol–water partition coefficient (Wildman–Crippen LogP) is 2.55. The summed E-state index contributed by atoms with van der Waals surface area (Å²) < 4.78 is 62.6. The van der Waals surface area contributed by atoms with Gasteiger partial charge in [0.25, 0.3) is 0 Å². The predicted molar refractivity (Wildman–Crippen MR) is 62.6 cm³/mol. The number of nitrogens with zero attached hydrogens (tertiary/aromatic N) is 1. The molecule has 0 unspecified atom stereocenters. The number of alkyl halides is 3. The molecule has 1 aromatic rings. The van der Waals surface area contributed by atoms with Gasteiger partial charge in [-0.2, -0.15) is 21.6 Å². The van der Waals surface area contributed by atoms with Crippen molar-refractivity contribution < 1.29 is 30.7 Å². The fourth-order valence-corrected chi connectivity index (χ4v) is 1.79. The Morgan fingerprint density at radius 1 is 1.40 bits per heavy atom. The van der Waals surface area contributed by atoms with Gasteiger partial charge in [-0.05, 0) is 6.42 Å². The van der Waals surface area contributed by atoms with E-state index in [4.69, 9.17) is 0 Å². The Hall–Kier alpha value is -2.10. The van der Waals surface area contributed by atoms with E-state index in [2.05, 4.69) is 10.8 Å². The van der Waals surface area contributed by atoms with Gasteiger partial charge in [-0.25, -0.2) is 0 Å². The summed E-state index contributed by atoms with van der Waals surface area (Å²) >= 11 is 0. The molecule has 0 heterocycles. The van der Waals surface area contributed by atoms with Crippen molar-refractivity contribution in [3.63, 3.8) is 0 Å². The van der Waals surface area contributed by atoms with Gasteiger partial charge in [0.15, 0.2) is 0 Å². The van der Waals surface area contributed by atoms with Crippen LogP contribution < -0.4 is 4.18 Å². The van der Waals surface area contributed by atoms with Crippen LogP contribution in [-0.2, 0) is 16.5 Å². The van der Waals surface area contributed by atoms with E-state index in [9.17, 15) is 31.7 Å². The molecule has 0 N–H and O–H groups in total. The lowest BCUT2D eigenvalue weighted by molar-refractivity contribution is -0.385. The summed E-state index contributed by atoms with van der Waals surface area (Å²) in [7, 11) is -5.99. The van der Waals surface area contributed by atoms with Gasteiger partial charge >= 0.3 is 21.3 Å². The standard InChI is InChI=1S/C10H8F3NO5S/c1-2-4-7-5-3-6-8(14(15)16)9(7)19-20(17,18)10(11,12)13/h2-3,5-6H,1,4H2. The number of para-hydroxylation sites is 1. The van der Waals surface area contributed by atoms with Crippen molar-refractivity contribution in [2.75, 3.05) is 0 Å². The molecular formula is C10H8F3NO5S. The molecule has 0 amide bonds. The van der Waals surface area contributed by atoms with Crippen molar-refractivity contribution in [2.45, 2.75) is 11.9 Å². The van der Waals surface area contributed by atoms with Gasteiger partial charge in [0.05, 0.1) is 4.92 Å². The summed E-state index contributed by atoms with van der Waals surface area (Å²) in [5.74, 6) is -0.963. The van der Waals surface area contributed by atoms with Gasteiger partial charge in [-0.3, -0.25) is 10.1 Å². The van der Waals surface area contributed by atoms with Gasteiger partial charge in [-0.1, -0.05) is 18.2 Å². The Morgan fingerprint density at radius 2 is 2.00 bits per heavy atom. The summed E-state index contributed by atoms with van der Waals surface area (Å²) in [4.78, 5) is 9.70. The normalized spacial score (nSPS) is 11.9. The first-order valence-corrected chi connectivity index (χ1v) is 6.39. The minimum Gasteiger partial charge on any atom is -0.368 e. The number of benzene rings is 1. The quantitative estimate of drug-likeness (QED) is 0.274. The number of hydrogen-bond donors (Lipinski definition) is 0. The Bertz CT molecular complexity index is 639. The van der Waals surface area contributed by atoms with Crippen LogP contribution in [0.4, 0.5) is 18.9 Å². The van der Waals surface area contributed by atoms with E-state index in [0.29, 0.717) is 0 Å². The first-order valence-electron chi connectivity index (χ1n) is 4.98. The summed E-state index contributed by atoms with van der Waals surface area (Å²) in [6.07, 6.45) is 1.15. The van der Waals surface area contributed by atoms with Gasteiger partial charge in [0.2, 0.25) is 5.75 Å². The Balaban J connectivity index is 3.42. The third-order valence-electron chi connectivity index (χ3n) is 2.11. The van der Waals surface area contributed by atoms with E-state index in [1.54, 1.807) is 0 Å². The highest BCUT2D eigenvalue weighted by atomic mass is 32.2. The molecule has 0 atom stereocenters. The number of halogens is 3. The molecule has 20 heavy (non-hydrogen) atoms. The highest BCUT2D eigenvalue weighted by molar-refractivity contribution is 7.88. The van der Waals surface area contributed by atoms with E-state index < -0.39 is 32.0 Å². The van der Waals surface area contributed by atoms with Crippen LogP contribution in [0.3, 0.4) is 0 Å². The third-order valence-corrected chi connectivity index (χ3v) is 3.07. The van der Waals surface area contributed by atoms with Gasteiger partial charge < -0.3 is 4.18 Å². The van der Waals surface area contributed by atoms with Crippen molar-refractivity contribution in [2.24, 2.45) is 0 Å². The molecule has 0 saturated heterocycles. The minimum atomic E-state index is -5.99. The monoisotopic (exact) mass is 311 g/mol. The zero-order chi connectivity index (χ0) is 15.6. The Morgan fingerprint density at radius 3 is 2.45 bits per heavy atom. The van der Waals surface area contributed by atoms with Crippen molar-refractivity contribution in [3.8, 4) is 5.75 Å². The molecule has 6 nitrogen and oxygen atoms in total. The Kier molecular flexibility index (Phi) is 4.38. The van der Waals surface area contributed by atoms with E-state index in [0.717, 1.165) is 6.07 Å². The highest BCUT2D eigenvalue weighted by Crippen LogP contribution is 2.35. The number of rotatable bonds is 5. The molecule has 0 fully saturated rings. The average molecular weight is 311 g/mol. The molecule has 1 rings (SSSR count). The molecule has 0 radical (unpaired) electrons. The van der Waals surface area contributed by atoms with Crippen LogP contribution in [0.25, 0.3) is 0 Å². The van der Waals surface area contributed by atoms with E-state index in [1.165, 1.54) is 18.2 Å². The molecule has 0 aliphatic carbocycles. The molecule has 0 spiro atoms. The maximum absolute atomic E-state index is 12.3. The minimum absolute atomic E-state index is 0.0929. The number of nitro benzene ring substituents is 1. The zero-order valence-corrected chi connectivity index (χ0v) is 10.6. The SMILES string of the molecule is C=CCc1cccc([N+](=O)[O-])c1OS(=O)(=O)C(F)(F)F. The lowest BCUT2D eigenvalue weighted by Gasteiger charge is -2.12. The second-order valence-corrected chi connectivity index (χ2v) is 5.04. The summed E-state index contributed by atoms with van der Waals surface area (Å²) in [6.45, 7) is 3.32. The lowest BCUT2D eigenvalue weighted by Crippen LogP contribution is -2.28. The van der Waals surface area contributed by atoms with Crippen LogP contribution in [0.15, 0.2) is 30.9 Å². The fourth-order valence-electron chi connectivity index (χ4n) is 1.28. The molecule has 0 saturated carbocycles. The number of nitro groups is 1. The lowest BCUT2D eigenvalue weighted by atomic mass is 10.1. The first-order chi connectivity index (χ1) is 9.10. The summed E-state index contributed by atoms with van der Waals surface area (Å²) in [5.41, 5.74) is -6.65. The van der Waals surface area contributed by atoms with Crippen molar-refractivity contribution >= 4 is 15.8 Å². The van der Waals surface area contributed by atoms with E-state index in [-0.39, 0.29) is 12.0 Å². The molecule has 110 valence electrons. The molecule has 0 aliphatic rings. The summed E-state index contributed by atoms with van der Waals surface area (Å²) in [5, 5.41) is 10.7. The molecule has 0 bridgehead atoms. The second-order valence-electron chi connectivity index (χ2n) is 3.50. The van der Waals surface area contributed by atoms with Crippen LogP contribution >= 0.6 is 0 Å². The largest absolute Gasteiger partial charge is 0.534 e. The number of hydrogen-bond acceptors (Lipinski definition) is 5. The Labute approximate surface area is 111 Å². The maximum atomic E-state index is 12.3. The van der Waals surface area contributed by atoms with E-state index in [1.807, 2.05) is 0 Å². The molecule has 0 aromatic heterocycles. The van der Waals surface area contributed by atoms with Crippen LogP contribution in [0, 0.1) is 10.1 Å². The average Bonchev–Trinajstić information content (AvgIpc) is 2.29. The van der Waals surface area contributed by atoms with Crippen LogP contribution in [-0.4, -0.2) is 18.8 Å². The van der Waals surface area contributed by atoms with Gasteiger partial charge in [0, 0.05) is 11.6 Å². The van der Waals surface area contributed by atoms with Gasteiger partial charge in [-0.15, -0.1) is 6.58 Å². The van der Waals surface area contributed by atoms with Crippen molar-refractivity contribution in [3.05, 3.63) is 46.5 Å². The van der Waals surface area contributed by atoms with Crippen LogP contribution in [0.5, 0.6) is 5.75 Å². The fraction of sp³-hybridized carbons (Fsp3) is 0.200. The van der Waals surface area contributed by atoms with Gasteiger partial charge in [0.1, 0.15) is 0 Å². The molecular weight excluding hydrogens is 303 g/mol. The molecule has 10 heteroatoms. The summed E-state index contributed by atoms with van der Waals surface area (Å²) in [6, 6.07) is 3.24. The molecule has 0 aliphatic heterocycles. The topological polar surface area (TPSA) is 86.5 Å². The number of allylic oxidation sites excluding steroid dienone is 1. The van der Waals surface area contributed by atoms with Crippen LogP contribution in [0.1, 0.15) is 5.56 Å². The highest BCUT2D eigenvalue weighted by Gasteiger charge is 2.49. The zero-order valence-electron chi connectivity index (χ0n) is 9.75. The smallest absolute Gasteiger partial charge is 0.368 e. The third kappa shape index (κ3) is 3.26. The maximum Gasteiger partial charge on any atom is 0.534 e. The van der Waals surface area contributed by atoms with E-state index >= 15 is 0 Å².